The van der Waals surface area contributed by atoms with Gasteiger partial charge in [0.1, 0.15) is 0 Å². The minimum Gasteiger partial charge on any atom is -0.389 e. The van der Waals surface area contributed by atoms with Gasteiger partial charge in [0.05, 0.1) is 5.60 Å². The van der Waals surface area contributed by atoms with E-state index < -0.39 is 5.60 Å². The highest BCUT2D eigenvalue weighted by Gasteiger charge is 2.20. The van der Waals surface area contributed by atoms with Crippen molar-refractivity contribution in [3.05, 3.63) is 0 Å². The van der Waals surface area contributed by atoms with Gasteiger partial charge in [-0.1, -0.05) is 6.92 Å². The van der Waals surface area contributed by atoms with Crippen LogP contribution in [0, 0.1) is 0 Å². The van der Waals surface area contributed by atoms with Crippen LogP contribution in [0.25, 0.3) is 0 Å². The Balaban J connectivity index is 3.62. The lowest BCUT2D eigenvalue weighted by molar-refractivity contribution is 0.0389. The van der Waals surface area contributed by atoms with E-state index >= 15 is 0 Å². The lowest BCUT2D eigenvalue weighted by Crippen LogP contribution is -2.38. The van der Waals surface area contributed by atoms with Gasteiger partial charge in [0.2, 0.25) is 0 Å². The lowest BCUT2D eigenvalue weighted by atomic mass is 9.97. The molecule has 1 unspecified atom stereocenters. The van der Waals surface area contributed by atoms with Crippen molar-refractivity contribution >= 4 is 0 Å². The summed E-state index contributed by atoms with van der Waals surface area (Å²) in [5, 5.41) is 9.42. The van der Waals surface area contributed by atoms with Crippen LogP contribution in [0.15, 0.2) is 0 Å². The molecule has 0 saturated carbocycles. The molecule has 0 heterocycles. The van der Waals surface area contributed by atoms with Gasteiger partial charge < -0.3 is 16.6 Å². The molecule has 0 fully saturated rings. The molecule has 0 aliphatic carbocycles. The van der Waals surface area contributed by atoms with Crippen LogP contribution in [0.4, 0.5) is 0 Å². The van der Waals surface area contributed by atoms with Gasteiger partial charge in [-0.25, -0.2) is 0 Å². The molecular weight excluding hydrogens is 116 g/mol. The summed E-state index contributed by atoms with van der Waals surface area (Å²) in [6.45, 7) is 2.71. The number of hydrogen-bond acceptors (Lipinski definition) is 3. The Bertz CT molecular complexity index is 71.5. The molecule has 0 spiro atoms. The molecule has 5 N–H and O–H groups in total. The van der Waals surface area contributed by atoms with E-state index in [0.29, 0.717) is 25.9 Å². The summed E-state index contributed by atoms with van der Waals surface area (Å²) in [6, 6.07) is 0. The standard InChI is InChI=1S/C6H16N2O/c1-2-6(9,5-8)3-4-7/h9H,2-5,7-8H2,1H3. The third-order valence-electron chi connectivity index (χ3n) is 1.65. The summed E-state index contributed by atoms with van der Waals surface area (Å²) >= 11 is 0. The molecule has 0 aliphatic heterocycles. The summed E-state index contributed by atoms with van der Waals surface area (Å²) < 4.78 is 0. The molecule has 1 atom stereocenters. The minimum absolute atomic E-state index is 0.306. The summed E-state index contributed by atoms with van der Waals surface area (Å²) in [4.78, 5) is 0. The SMILES string of the molecule is CCC(O)(CN)CCN. The molecule has 0 bridgehead atoms. The molecule has 3 heteroatoms. The second-order valence-corrected chi connectivity index (χ2v) is 2.32. The highest BCUT2D eigenvalue weighted by molar-refractivity contribution is 4.77. The fourth-order valence-corrected chi connectivity index (χ4v) is 0.692. The fraction of sp³-hybridized carbons (Fsp3) is 1.00. The van der Waals surface area contributed by atoms with Crippen LogP contribution in [0.5, 0.6) is 0 Å². The second kappa shape index (κ2) is 3.82. The zero-order chi connectivity index (χ0) is 7.33. The van der Waals surface area contributed by atoms with E-state index in [-0.39, 0.29) is 0 Å². The number of rotatable bonds is 4. The maximum absolute atomic E-state index is 9.42. The zero-order valence-corrected chi connectivity index (χ0v) is 5.93. The summed E-state index contributed by atoms with van der Waals surface area (Å²) in [7, 11) is 0. The molecule has 3 nitrogen and oxygen atoms in total. The van der Waals surface area contributed by atoms with Gasteiger partial charge in [0.15, 0.2) is 0 Å². The monoisotopic (exact) mass is 132 g/mol. The smallest absolute Gasteiger partial charge is 0.0778 e. The van der Waals surface area contributed by atoms with Crippen LogP contribution in [0.1, 0.15) is 19.8 Å². The molecule has 0 radical (unpaired) electrons. The van der Waals surface area contributed by atoms with E-state index in [1.54, 1.807) is 0 Å². The minimum atomic E-state index is -0.714. The molecule has 0 aromatic carbocycles. The first-order valence-electron chi connectivity index (χ1n) is 3.31. The van der Waals surface area contributed by atoms with Crippen LogP contribution in [-0.4, -0.2) is 23.8 Å². The van der Waals surface area contributed by atoms with E-state index in [4.69, 9.17) is 11.5 Å². The quantitative estimate of drug-likeness (QED) is 0.480. The Morgan fingerprint density at radius 3 is 2.11 bits per heavy atom. The largest absolute Gasteiger partial charge is 0.389 e. The van der Waals surface area contributed by atoms with Gasteiger partial charge in [-0.05, 0) is 19.4 Å². The van der Waals surface area contributed by atoms with Crippen LogP contribution in [0.2, 0.25) is 0 Å². The number of hydrogen-bond donors (Lipinski definition) is 3. The van der Waals surface area contributed by atoms with Crippen molar-refractivity contribution in [1.82, 2.24) is 0 Å². The highest BCUT2D eigenvalue weighted by Crippen LogP contribution is 2.10. The normalized spacial score (nSPS) is 17.3. The van der Waals surface area contributed by atoms with Crippen molar-refractivity contribution in [1.29, 1.82) is 0 Å². The van der Waals surface area contributed by atoms with E-state index in [2.05, 4.69) is 0 Å². The van der Waals surface area contributed by atoms with Crippen LogP contribution in [-0.2, 0) is 0 Å². The first-order valence-corrected chi connectivity index (χ1v) is 3.31. The molecule has 0 aliphatic rings. The predicted molar refractivity (Wildman–Crippen MR) is 38.0 cm³/mol. The molecule has 0 aromatic rings. The predicted octanol–water partition coefficient (Wildman–Crippen LogP) is -0.565. The van der Waals surface area contributed by atoms with Gasteiger partial charge >= 0.3 is 0 Å². The van der Waals surface area contributed by atoms with Crippen molar-refractivity contribution in [2.24, 2.45) is 11.5 Å². The van der Waals surface area contributed by atoms with Crippen molar-refractivity contribution in [2.45, 2.75) is 25.4 Å². The van der Waals surface area contributed by atoms with Crippen molar-refractivity contribution in [3.63, 3.8) is 0 Å². The Morgan fingerprint density at radius 2 is 2.00 bits per heavy atom. The Kier molecular flexibility index (Phi) is 3.77. The van der Waals surface area contributed by atoms with Crippen molar-refractivity contribution in [3.8, 4) is 0 Å². The molecular formula is C6H16N2O. The molecule has 0 amide bonds. The third kappa shape index (κ3) is 2.79. The van der Waals surface area contributed by atoms with Crippen molar-refractivity contribution < 1.29 is 5.11 Å². The Hall–Kier alpha value is -0.120. The summed E-state index contributed by atoms with van der Waals surface area (Å²) in [6.07, 6.45) is 1.28. The maximum atomic E-state index is 9.42. The van der Waals surface area contributed by atoms with E-state index in [9.17, 15) is 5.11 Å². The summed E-state index contributed by atoms with van der Waals surface area (Å²) in [5.74, 6) is 0. The fourth-order valence-electron chi connectivity index (χ4n) is 0.692. The first-order chi connectivity index (χ1) is 4.18. The lowest BCUT2D eigenvalue weighted by Gasteiger charge is -2.23. The van der Waals surface area contributed by atoms with Gasteiger partial charge in [0, 0.05) is 6.54 Å². The molecule has 0 saturated heterocycles. The topological polar surface area (TPSA) is 72.3 Å². The van der Waals surface area contributed by atoms with Gasteiger partial charge in [-0.2, -0.15) is 0 Å². The van der Waals surface area contributed by atoms with Crippen LogP contribution >= 0.6 is 0 Å². The van der Waals surface area contributed by atoms with E-state index in [0.717, 1.165) is 0 Å². The van der Waals surface area contributed by atoms with Crippen molar-refractivity contribution in [2.75, 3.05) is 13.1 Å². The maximum Gasteiger partial charge on any atom is 0.0778 e. The first kappa shape index (κ1) is 8.88. The van der Waals surface area contributed by atoms with Crippen LogP contribution < -0.4 is 11.5 Å². The summed E-state index contributed by atoms with van der Waals surface area (Å²) in [5.41, 5.74) is 9.83. The van der Waals surface area contributed by atoms with E-state index in [1.165, 1.54) is 0 Å². The van der Waals surface area contributed by atoms with E-state index in [1.807, 2.05) is 6.92 Å². The molecule has 56 valence electrons. The van der Waals surface area contributed by atoms with Gasteiger partial charge in [-0.15, -0.1) is 0 Å². The Labute approximate surface area is 56.0 Å². The highest BCUT2D eigenvalue weighted by atomic mass is 16.3. The van der Waals surface area contributed by atoms with Crippen LogP contribution in [0.3, 0.4) is 0 Å². The van der Waals surface area contributed by atoms with Gasteiger partial charge in [0.25, 0.3) is 0 Å². The number of nitrogens with two attached hydrogens (primary N) is 2. The second-order valence-electron chi connectivity index (χ2n) is 2.32. The number of aliphatic hydroxyl groups is 1. The average molecular weight is 132 g/mol. The zero-order valence-electron chi connectivity index (χ0n) is 5.93. The third-order valence-corrected chi connectivity index (χ3v) is 1.65. The molecule has 9 heavy (non-hydrogen) atoms. The molecule has 0 aromatic heterocycles. The Morgan fingerprint density at radius 1 is 1.44 bits per heavy atom. The average Bonchev–Trinajstić information content (AvgIpc) is 1.89. The van der Waals surface area contributed by atoms with Gasteiger partial charge in [-0.3, -0.25) is 0 Å². The molecule has 0 rings (SSSR count).